The maximum Gasteiger partial charge on any atom is 0.192 e. The Bertz CT molecular complexity index is 480. The van der Waals surface area contributed by atoms with Crippen molar-refractivity contribution in [3.8, 4) is 0 Å². The molecule has 4 heteroatoms. The fourth-order valence-corrected chi connectivity index (χ4v) is 4.89. The van der Waals surface area contributed by atoms with E-state index in [1.54, 1.807) is 0 Å². The summed E-state index contributed by atoms with van der Waals surface area (Å²) in [5.74, 6) is 0.869. The van der Waals surface area contributed by atoms with Gasteiger partial charge in [-0.25, -0.2) is 0 Å². The molecule has 0 aromatic rings. The molecular formula is C22H42O3Si. The lowest BCUT2D eigenvalue weighted by Crippen LogP contribution is -2.53. The van der Waals surface area contributed by atoms with E-state index in [2.05, 4.69) is 66.8 Å². The van der Waals surface area contributed by atoms with Crippen molar-refractivity contribution in [1.82, 2.24) is 0 Å². The first-order valence-corrected chi connectivity index (χ1v) is 13.5. The molecule has 2 heterocycles. The Labute approximate surface area is 163 Å². The van der Waals surface area contributed by atoms with Crippen LogP contribution in [0.3, 0.4) is 0 Å². The van der Waals surface area contributed by atoms with Gasteiger partial charge in [-0.05, 0) is 49.2 Å². The molecule has 4 atom stereocenters. The van der Waals surface area contributed by atoms with Gasteiger partial charge < -0.3 is 13.9 Å². The third-order valence-corrected chi connectivity index (χ3v) is 11.0. The predicted octanol–water partition coefficient (Wildman–Crippen LogP) is 6.30. The molecule has 2 fully saturated rings. The third kappa shape index (κ3) is 5.67. The summed E-state index contributed by atoms with van der Waals surface area (Å²) in [6.07, 6.45) is 10.1. The Morgan fingerprint density at radius 2 is 1.92 bits per heavy atom. The molecule has 0 radical (unpaired) electrons. The summed E-state index contributed by atoms with van der Waals surface area (Å²) in [6.45, 7) is 19.2. The number of rotatable bonds is 7. The molecule has 0 saturated carbocycles. The van der Waals surface area contributed by atoms with Crippen LogP contribution in [0.15, 0.2) is 12.2 Å². The molecule has 0 aliphatic carbocycles. The monoisotopic (exact) mass is 382 g/mol. The zero-order valence-electron chi connectivity index (χ0n) is 18.4. The van der Waals surface area contributed by atoms with E-state index in [0.717, 1.165) is 32.3 Å². The van der Waals surface area contributed by atoms with Crippen molar-refractivity contribution < 1.29 is 13.9 Å². The molecule has 2 aliphatic heterocycles. The van der Waals surface area contributed by atoms with E-state index in [9.17, 15) is 0 Å². The van der Waals surface area contributed by atoms with E-state index in [-0.39, 0.29) is 11.1 Å². The Hall–Kier alpha value is -0.163. The maximum atomic E-state index is 6.79. The Kier molecular flexibility index (Phi) is 7.20. The highest BCUT2D eigenvalue weighted by Crippen LogP contribution is 2.43. The molecule has 2 bridgehead atoms. The molecule has 2 aliphatic rings. The van der Waals surface area contributed by atoms with E-state index in [0.29, 0.717) is 17.9 Å². The third-order valence-electron chi connectivity index (χ3n) is 6.47. The zero-order valence-corrected chi connectivity index (χ0v) is 19.4. The summed E-state index contributed by atoms with van der Waals surface area (Å²) >= 11 is 0. The van der Waals surface area contributed by atoms with Gasteiger partial charge in [-0.2, -0.15) is 0 Å². The van der Waals surface area contributed by atoms with Crippen LogP contribution in [0.4, 0.5) is 0 Å². The molecule has 0 unspecified atom stereocenters. The number of allylic oxidation sites excluding steroid dienone is 1. The van der Waals surface area contributed by atoms with Crippen LogP contribution in [0.25, 0.3) is 0 Å². The lowest BCUT2D eigenvalue weighted by Gasteiger charge is -2.49. The molecule has 152 valence electrons. The summed E-state index contributed by atoms with van der Waals surface area (Å²) < 4.78 is 19.5. The largest absolute Gasteiger partial charge is 0.410 e. The van der Waals surface area contributed by atoms with E-state index in [1.807, 2.05) is 0 Å². The normalized spacial score (nSPS) is 31.6. The first kappa shape index (κ1) is 22.1. The van der Waals surface area contributed by atoms with Crippen LogP contribution in [-0.4, -0.2) is 32.9 Å². The van der Waals surface area contributed by atoms with Crippen LogP contribution in [0.1, 0.15) is 73.6 Å². The van der Waals surface area contributed by atoms with Gasteiger partial charge in [0.1, 0.15) is 0 Å². The highest BCUT2D eigenvalue weighted by Gasteiger charge is 2.47. The lowest BCUT2D eigenvalue weighted by molar-refractivity contribution is -0.330. The van der Waals surface area contributed by atoms with E-state index < -0.39 is 14.1 Å². The van der Waals surface area contributed by atoms with Crippen LogP contribution >= 0.6 is 0 Å². The van der Waals surface area contributed by atoms with Crippen LogP contribution in [0.5, 0.6) is 0 Å². The van der Waals surface area contributed by atoms with Gasteiger partial charge in [-0.3, -0.25) is 0 Å². The van der Waals surface area contributed by atoms with Crippen LogP contribution in [-0.2, 0) is 13.9 Å². The average molecular weight is 383 g/mol. The van der Waals surface area contributed by atoms with Crippen molar-refractivity contribution in [1.29, 1.82) is 0 Å². The Morgan fingerprint density at radius 1 is 1.23 bits per heavy atom. The minimum absolute atomic E-state index is 0.0711. The molecule has 2 rings (SSSR count). The summed E-state index contributed by atoms with van der Waals surface area (Å²) in [5, 5.41) is 0.201. The predicted molar refractivity (Wildman–Crippen MR) is 112 cm³/mol. The quantitative estimate of drug-likeness (QED) is 0.382. The first-order valence-electron chi connectivity index (χ1n) is 10.6. The minimum Gasteiger partial charge on any atom is -0.410 e. The van der Waals surface area contributed by atoms with E-state index >= 15 is 0 Å². The first-order chi connectivity index (χ1) is 11.9. The highest BCUT2D eigenvalue weighted by molar-refractivity contribution is 6.74. The second kappa shape index (κ2) is 8.46. The average Bonchev–Trinajstić information content (AvgIpc) is 2.50. The molecule has 3 nitrogen and oxygen atoms in total. The van der Waals surface area contributed by atoms with Crippen molar-refractivity contribution in [3.05, 3.63) is 12.2 Å². The number of hydrogen-bond acceptors (Lipinski definition) is 3. The molecule has 0 amide bonds. The maximum absolute atomic E-state index is 6.79. The highest BCUT2D eigenvalue weighted by atomic mass is 28.4. The topological polar surface area (TPSA) is 27.7 Å². The zero-order chi connectivity index (χ0) is 19.6. The molecule has 0 spiro atoms. The van der Waals surface area contributed by atoms with E-state index in [1.165, 1.54) is 6.42 Å². The second-order valence-electron chi connectivity index (χ2n) is 10.4. The minimum atomic E-state index is -1.85. The lowest BCUT2D eigenvalue weighted by atomic mass is 9.86. The SMILES string of the molecule is CC(C)C/C=C/[C@@H](C[C@]12CC[C@H](C)[C@@H](CCO1)O2)O[Si](C)(C)C(C)(C)C. The van der Waals surface area contributed by atoms with Gasteiger partial charge in [0.25, 0.3) is 0 Å². The van der Waals surface area contributed by atoms with Crippen molar-refractivity contribution in [2.24, 2.45) is 11.8 Å². The molecule has 26 heavy (non-hydrogen) atoms. The summed E-state index contributed by atoms with van der Waals surface area (Å²) in [5.41, 5.74) is 0. The van der Waals surface area contributed by atoms with Crippen molar-refractivity contribution >= 4 is 8.32 Å². The molecule has 2 saturated heterocycles. The standard InChI is InChI=1S/C22H42O3Si/c1-17(2)10-9-11-19(25-26(7,8)21(4,5)6)16-22-14-12-18(3)20(24-22)13-15-23-22/h9,11,17-20H,10,12-16H2,1-8H3/b11-9+/t18-,19-,20+,22+/m0/s1. The molecule has 0 N–H and O–H groups in total. The van der Waals surface area contributed by atoms with Gasteiger partial charge in [0.05, 0.1) is 18.8 Å². The van der Waals surface area contributed by atoms with E-state index in [4.69, 9.17) is 13.9 Å². The smallest absolute Gasteiger partial charge is 0.192 e. The second-order valence-corrected chi connectivity index (χ2v) is 15.2. The van der Waals surface area contributed by atoms with Gasteiger partial charge in [0.2, 0.25) is 0 Å². The van der Waals surface area contributed by atoms with Crippen molar-refractivity contribution in [3.63, 3.8) is 0 Å². The fraction of sp³-hybridized carbons (Fsp3) is 0.909. The Morgan fingerprint density at radius 3 is 2.54 bits per heavy atom. The van der Waals surface area contributed by atoms with Crippen LogP contribution in [0, 0.1) is 11.8 Å². The molecular weight excluding hydrogens is 340 g/mol. The Balaban J connectivity index is 2.14. The number of hydrogen-bond donors (Lipinski definition) is 0. The summed E-state index contributed by atoms with van der Waals surface area (Å²) in [7, 11) is -1.85. The molecule has 0 aromatic carbocycles. The fourth-order valence-electron chi connectivity index (χ4n) is 3.62. The van der Waals surface area contributed by atoms with Gasteiger partial charge in [0.15, 0.2) is 14.1 Å². The van der Waals surface area contributed by atoms with Crippen LogP contribution < -0.4 is 0 Å². The van der Waals surface area contributed by atoms with Crippen LogP contribution in [0.2, 0.25) is 18.1 Å². The van der Waals surface area contributed by atoms with Gasteiger partial charge >= 0.3 is 0 Å². The van der Waals surface area contributed by atoms with Crippen molar-refractivity contribution in [2.45, 2.75) is 110 Å². The van der Waals surface area contributed by atoms with Gasteiger partial charge in [-0.1, -0.05) is 53.7 Å². The van der Waals surface area contributed by atoms with Gasteiger partial charge in [-0.15, -0.1) is 0 Å². The van der Waals surface area contributed by atoms with Gasteiger partial charge in [0, 0.05) is 12.8 Å². The van der Waals surface area contributed by atoms with Crippen molar-refractivity contribution in [2.75, 3.05) is 6.61 Å². The number of ether oxygens (including phenoxy) is 2. The summed E-state index contributed by atoms with van der Waals surface area (Å²) in [6, 6.07) is 0. The molecule has 0 aromatic heterocycles. The number of fused-ring (bicyclic) bond motifs is 2. The summed E-state index contributed by atoms with van der Waals surface area (Å²) in [4.78, 5) is 0.